The van der Waals surface area contributed by atoms with Crippen LogP contribution >= 0.6 is 0 Å². The van der Waals surface area contributed by atoms with Gasteiger partial charge in [-0.3, -0.25) is 9.59 Å². The summed E-state index contributed by atoms with van der Waals surface area (Å²) in [5.41, 5.74) is 1.41. The second-order valence-electron chi connectivity index (χ2n) is 11.6. The van der Waals surface area contributed by atoms with Gasteiger partial charge in [-0.25, -0.2) is 0 Å². The third kappa shape index (κ3) is 3.43. The number of aliphatic hydroxyl groups is 1. The smallest absolute Gasteiger partial charge is 0.306 e. The molecule has 0 aliphatic heterocycles. The number of unbranched alkanes of at least 4 members (excludes halogenated alkanes) is 2. The Morgan fingerprint density at radius 2 is 1.78 bits per heavy atom. The molecular weight excluding hydrogens is 400 g/mol. The third-order valence-electron chi connectivity index (χ3n) is 9.91. The van der Waals surface area contributed by atoms with Crippen LogP contribution in [0.15, 0.2) is 23.3 Å². The predicted octanol–water partition coefficient (Wildman–Crippen LogP) is 5.93. The van der Waals surface area contributed by atoms with E-state index in [-0.39, 0.29) is 28.7 Å². The van der Waals surface area contributed by atoms with Gasteiger partial charge in [-0.15, -0.1) is 0 Å². The first-order chi connectivity index (χ1) is 15.1. The fraction of sp³-hybridized carbons (Fsp3) is 0.786. The molecule has 0 aromatic heterocycles. The van der Waals surface area contributed by atoms with E-state index in [1.54, 1.807) is 6.92 Å². The normalized spacial score (nSPS) is 42.8. The number of esters is 1. The van der Waals surface area contributed by atoms with Crippen molar-refractivity contribution in [3.63, 3.8) is 0 Å². The summed E-state index contributed by atoms with van der Waals surface area (Å²) >= 11 is 0. The summed E-state index contributed by atoms with van der Waals surface area (Å²) in [7, 11) is 0. The number of ketones is 1. The Morgan fingerprint density at radius 3 is 2.47 bits per heavy atom. The van der Waals surface area contributed by atoms with Crippen molar-refractivity contribution in [1.82, 2.24) is 0 Å². The molecule has 0 heterocycles. The summed E-state index contributed by atoms with van der Waals surface area (Å²) in [6, 6.07) is 0. The first kappa shape index (κ1) is 23.7. The van der Waals surface area contributed by atoms with Crippen LogP contribution in [0.2, 0.25) is 0 Å². The third-order valence-corrected chi connectivity index (χ3v) is 9.91. The molecule has 1 N–H and O–H groups in total. The summed E-state index contributed by atoms with van der Waals surface area (Å²) in [5.74, 6) is 1.08. The van der Waals surface area contributed by atoms with Crippen LogP contribution in [0.3, 0.4) is 0 Å². The summed E-state index contributed by atoms with van der Waals surface area (Å²) in [6.45, 7) is 10.6. The molecule has 4 heteroatoms. The van der Waals surface area contributed by atoms with Gasteiger partial charge >= 0.3 is 5.97 Å². The number of hydrogen-bond acceptors (Lipinski definition) is 4. The molecule has 2 fully saturated rings. The Labute approximate surface area is 193 Å². The van der Waals surface area contributed by atoms with Crippen LogP contribution in [0.25, 0.3) is 0 Å². The van der Waals surface area contributed by atoms with Crippen LogP contribution in [0.4, 0.5) is 0 Å². The topological polar surface area (TPSA) is 63.6 Å². The van der Waals surface area contributed by atoms with Gasteiger partial charge < -0.3 is 9.84 Å². The lowest BCUT2D eigenvalue weighted by atomic mass is 9.47. The molecule has 32 heavy (non-hydrogen) atoms. The molecule has 7 atom stereocenters. The highest BCUT2D eigenvalue weighted by Crippen LogP contribution is 2.68. The van der Waals surface area contributed by atoms with E-state index in [4.69, 9.17) is 4.74 Å². The fourth-order valence-electron chi connectivity index (χ4n) is 8.15. The zero-order chi connectivity index (χ0) is 23.3. The Hall–Kier alpha value is -1.42. The first-order valence-electron chi connectivity index (χ1n) is 12.9. The van der Waals surface area contributed by atoms with Gasteiger partial charge in [-0.05, 0) is 87.5 Å². The molecule has 4 aliphatic rings. The zero-order valence-corrected chi connectivity index (χ0v) is 20.7. The number of fused-ring (bicyclic) bond motifs is 5. The number of allylic oxidation sites excluding steroid dienone is 3. The molecule has 4 unspecified atom stereocenters. The Morgan fingerprint density at radius 1 is 1.06 bits per heavy atom. The van der Waals surface area contributed by atoms with E-state index in [1.807, 2.05) is 0 Å². The number of hydrogen-bond donors (Lipinski definition) is 1. The molecule has 0 bridgehead atoms. The number of aliphatic hydroxyl groups excluding tert-OH is 1. The second-order valence-corrected chi connectivity index (χ2v) is 11.6. The molecule has 0 aromatic rings. The van der Waals surface area contributed by atoms with E-state index in [2.05, 4.69) is 39.8 Å². The van der Waals surface area contributed by atoms with E-state index in [0.29, 0.717) is 30.6 Å². The lowest BCUT2D eigenvalue weighted by molar-refractivity contribution is -0.187. The molecule has 2 saturated carbocycles. The minimum absolute atomic E-state index is 0.0221. The van der Waals surface area contributed by atoms with Crippen LogP contribution in [0, 0.1) is 28.6 Å². The quantitative estimate of drug-likeness (QED) is 0.409. The van der Waals surface area contributed by atoms with Gasteiger partial charge in [0.1, 0.15) is 0 Å². The highest BCUT2D eigenvalue weighted by molar-refractivity contribution is 5.89. The highest BCUT2D eigenvalue weighted by Gasteiger charge is 2.67. The average Bonchev–Trinajstić information content (AvgIpc) is 3.03. The van der Waals surface area contributed by atoms with Gasteiger partial charge in [-0.1, -0.05) is 51.3 Å². The van der Waals surface area contributed by atoms with Gasteiger partial charge in [0.25, 0.3) is 0 Å². The minimum atomic E-state index is -0.979. The number of Topliss-reactive ketones (excluding diaryl/α,β-unsaturated/α-hetero) is 1. The lowest BCUT2D eigenvalue weighted by Gasteiger charge is -2.58. The van der Waals surface area contributed by atoms with Crippen LogP contribution in [0.1, 0.15) is 98.8 Å². The Kier molecular flexibility index (Phi) is 6.24. The first-order valence-corrected chi connectivity index (χ1v) is 12.9. The number of carbonyl (C=O) groups excluding carboxylic acids is 2. The zero-order valence-electron chi connectivity index (χ0n) is 20.7. The van der Waals surface area contributed by atoms with Crippen molar-refractivity contribution >= 4 is 11.8 Å². The molecule has 0 aromatic carbocycles. The maximum Gasteiger partial charge on any atom is 0.306 e. The second kappa shape index (κ2) is 8.42. The molecule has 0 saturated heterocycles. The Bertz CT molecular complexity index is 840. The number of ether oxygens (including phenoxy) is 1. The van der Waals surface area contributed by atoms with E-state index >= 15 is 0 Å². The maximum absolute atomic E-state index is 13.1. The van der Waals surface area contributed by atoms with E-state index in [9.17, 15) is 14.7 Å². The van der Waals surface area contributed by atoms with Crippen molar-refractivity contribution in [2.45, 2.75) is 111 Å². The molecule has 0 spiro atoms. The van der Waals surface area contributed by atoms with Crippen LogP contribution in [-0.2, 0) is 14.3 Å². The molecular formula is C28H42O4. The summed E-state index contributed by atoms with van der Waals surface area (Å²) < 4.78 is 6.18. The summed E-state index contributed by atoms with van der Waals surface area (Å²) in [5, 5.41) is 10.3. The van der Waals surface area contributed by atoms with Gasteiger partial charge in [-0.2, -0.15) is 0 Å². The largest absolute Gasteiger partial charge is 0.450 e. The molecule has 4 aliphatic carbocycles. The average molecular weight is 443 g/mol. The Balaban J connectivity index is 1.66. The molecule has 4 nitrogen and oxygen atoms in total. The predicted molar refractivity (Wildman–Crippen MR) is 126 cm³/mol. The van der Waals surface area contributed by atoms with Gasteiger partial charge in [0.05, 0.1) is 6.10 Å². The SMILES string of the molecule is CCCCCC(=O)O[C@]1(C(C)=O)CCC2C3C=C(C)C4=CC(O)CC[C@]4(C)C3CC[C@@]21C. The molecule has 4 rings (SSSR count). The number of carbonyl (C=O) groups is 2. The van der Waals surface area contributed by atoms with Crippen LogP contribution in [0.5, 0.6) is 0 Å². The van der Waals surface area contributed by atoms with Crippen molar-refractivity contribution in [3.05, 3.63) is 23.3 Å². The maximum atomic E-state index is 13.1. The highest BCUT2D eigenvalue weighted by atomic mass is 16.6. The van der Waals surface area contributed by atoms with Crippen molar-refractivity contribution in [1.29, 1.82) is 0 Å². The van der Waals surface area contributed by atoms with E-state index in [0.717, 1.165) is 51.4 Å². The van der Waals surface area contributed by atoms with Crippen LogP contribution in [-0.4, -0.2) is 28.6 Å². The van der Waals surface area contributed by atoms with Crippen LogP contribution < -0.4 is 0 Å². The summed E-state index contributed by atoms with van der Waals surface area (Å²) in [6.07, 6.45) is 12.9. The van der Waals surface area contributed by atoms with Gasteiger partial charge in [0.2, 0.25) is 0 Å². The van der Waals surface area contributed by atoms with Crippen molar-refractivity contribution in [2.75, 3.05) is 0 Å². The van der Waals surface area contributed by atoms with Gasteiger partial charge in [0, 0.05) is 11.8 Å². The van der Waals surface area contributed by atoms with E-state index < -0.39 is 5.60 Å². The standard InChI is InChI=1S/C28H42O4/c1-6-7-8-9-25(31)32-28(19(3)29)15-12-23-21-16-18(2)24-17-20(30)10-13-26(24,4)22(21)11-14-27(23,28)5/h16-17,20-23,30H,6-15H2,1-5H3/t20?,21?,22?,23?,26-,27+,28+/m1/s1. The van der Waals surface area contributed by atoms with Crippen molar-refractivity contribution < 1.29 is 19.4 Å². The van der Waals surface area contributed by atoms with Gasteiger partial charge in [0.15, 0.2) is 11.4 Å². The molecule has 0 radical (unpaired) electrons. The number of rotatable bonds is 6. The van der Waals surface area contributed by atoms with Crippen molar-refractivity contribution in [3.8, 4) is 0 Å². The summed E-state index contributed by atoms with van der Waals surface area (Å²) in [4.78, 5) is 25.9. The molecule has 178 valence electrons. The molecule has 0 amide bonds. The lowest BCUT2D eigenvalue weighted by Crippen LogP contribution is -2.58. The van der Waals surface area contributed by atoms with Crippen molar-refractivity contribution in [2.24, 2.45) is 28.6 Å². The monoisotopic (exact) mass is 442 g/mol. The minimum Gasteiger partial charge on any atom is -0.450 e. The van der Waals surface area contributed by atoms with E-state index in [1.165, 1.54) is 11.1 Å². The fourth-order valence-corrected chi connectivity index (χ4v) is 8.15.